The van der Waals surface area contributed by atoms with Gasteiger partial charge in [0.15, 0.2) is 5.43 Å². The number of aliphatic hydroxyl groups is 1. The second-order valence-corrected chi connectivity index (χ2v) is 16.1. The number of nitrogens with two attached hydrogens (primary N) is 2. The van der Waals surface area contributed by atoms with Crippen molar-refractivity contribution in [3.8, 4) is 29.1 Å². The van der Waals surface area contributed by atoms with Crippen molar-refractivity contribution in [3.63, 3.8) is 0 Å². The summed E-state index contributed by atoms with van der Waals surface area (Å²) in [6.07, 6.45) is 14.7. The van der Waals surface area contributed by atoms with Gasteiger partial charge in [-0.2, -0.15) is 0 Å². The Morgan fingerprint density at radius 1 is 1.19 bits per heavy atom. The van der Waals surface area contributed by atoms with Crippen molar-refractivity contribution in [2.45, 2.75) is 95.1 Å². The number of hydrogen-bond acceptors (Lipinski definition) is 12. The number of aromatic hydroxyl groups is 2. The topological polar surface area (TPSA) is 203 Å². The van der Waals surface area contributed by atoms with Crippen molar-refractivity contribution in [3.05, 3.63) is 122 Å². The largest absolute Gasteiger partial charge is 0.508 e. The van der Waals surface area contributed by atoms with Crippen molar-refractivity contribution >= 4 is 16.9 Å². The van der Waals surface area contributed by atoms with E-state index in [9.17, 15) is 24.9 Å². The van der Waals surface area contributed by atoms with Crippen LogP contribution in [0.25, 0.3) is 11.0 Å². The molecule has 1 saturated carbocycles. The fourth-order valence-electron chi connectivity index (χ4n) is 9.39. The summed E-state index contributed by atoms with van der Waals surface area (Å²) in [5.41, 5.74) is 14.4. The van der Waals surface area contributed by atoms with Crippen LogP contribution in [0.4, 0.5) is 0 Å². The number of benzene rings is 2. The summed E-state index contributed by atoms with van der Waals surface area (Å²) in [6.45, 7) is 3.60. The third-order valence-electron chi connectivity index (χ3n) is 12.5. The van der Waals surface area contributed by atoms with Gasteiger partial charge in [0.25, 0.3) is 0 Å². The number of allylic oxidation sites excluding steroid dienone is 5. The third kappa shape index (κ3) is 7.14. The van der Waals surface area contributed by atoms with Crippen LogP contribution in [-0.2, 0) is 22.6 Å². The van der Waals surface area contributed by atoms with Crippen molar-refractivity contribution in [1.82, 2.24) is 10.6 Å². The Bertz CT molecular complexity index is 2430. The van der Waals surface area contributed by atoms with Crippen LogP contribution in [0, 0.1) is 23.7 Å². The Hall–Kier alpha value is -5.90. The van der Waals surface area contributed by atoms with Gasteiger partial charge in [0, 0.05) is 60.2 Å². The molecule has 1 fully saturated rings. The third-order valence-corrected chi connectivity index (χ3v) is 12.5. The number of rotatable bonds is 8. The minimum Gasteiger partial charge on any atom is -0.508 e. The SMILES string of the molecule is C/C=C(\C(=O)O[C@@H]1Cc2c3c(c4oc(CO)cc(=O)c4c2O)[C@@H](C2=CCNC(N)=C2)[C@@H](c2cccc(O)c2)C#CC[C@@H](CC2=CNC(N)C=C2)[C@]1(C)O3)C1CCCC1. The lowest BCUT2D eigenvalue weighted by atomic mass is 9.70. The predicted octanol–water partition coefficient (Wildman–Crippen LogP) is 5.38. The highest BCUT2D eigenvalue weighted by molar-refractivity contribution is 5.92. The van der Waals surface area contributed by atoms with Gasteiger partial charge in [0.1, 0.15) is 52.3 Å². The van der Waals surface area contributed by atoms with Crippen molar-refractivity contribution < 1.29 is 34.0 Å². The number of hydrogen-bond donors (Lipinski definition) is 7. The first-order valence-corrected chi connectivity index (χ1v) is 20.1. The van der Waals surface area contributed by atoms with E-state index < -0.39 is 47.5 Å². The summed E-state index contributed by atoms with van der Waals surface area (Å²) in [7, 11) is 0. The molecule has 0 amide bonds. The fourth-order valence-corrected chi connectivity index (χ4v) is 9.39. The molecule has 2 aromatic carbocycles. The normalized spacial score (nSPS) is 26.9. The molecule has 3 aromatic rings. The molecule has 1 unspecified atom stereocenters. The standard InChI is InChI=1S/C46H50N4O8/c1-3-32(26-8-4-5-9-26)45(55)57-36-22-34-42(54)40-35(53)21-31(24-51)56-44(40)41-39(28-16-17-49-38(48)20-28)33(27-10-6-12-30(52)19-27)13-7-11-29(46(36,2)58-43(34)41)18-25-14-15-37(47)50-23-25/h3,6,10,12,14-16,19-21,23,26,29,33,36-37,39,49-52,54H,4-5,8-9,11,17-18,22,24,47-48H2,1-2H3/b32-3-/t29-,33+,36+,37?,39-,46-/m0/s1. The molecule has 12 nitrogen and oxygen atoms in total. The van der Waals surface area contributed by atoms with Crippen LogP contribution in [0.5, 0.6) is 17.2 Å². The van der Waals surface area contributed by atoms with E-state index in [-0.39, 0.29) is 58.0 Å². The minimum atomic E-state index is -1.25. The second-order valence-electron chi connectivity index (χ2n) is 16.1. The molecule has 8 rings (SSSR count). The van der Waals surface area contributed by atoms with Crippen molar-refractivity contribution in [2.24, 2.45) is 23.3 Å². The number of fused-ring (bicyclic) bond motifs is 3. The van der Waals surface area contributed by atoms with Gasteiger partial charge < -0.3 is 51.3 Å². The number of carbonyl (C=O) groups is 1. The smallest absolute Gasteiger partial charge is 0.334 e. The highest BCUT2D eigenvalue weighted by atomic mass is 16.6. The highest BCUT2D eigenvalue weighted by Gasteiger charge is 2.52. The van der Waals surface area contributed by atoms with Gasteiger partial charge in [0.05, 0.1) is 17.9 Å². The zero-order valence-electron chi connectivity index (χ0n) is 32.7. The molecule has 58 heavy (non-hydrogen) atoms. The van der Waals surface area contributed by atoms with Gasteiger partial charge in [-0.1, -0.05) is 49.1 Å². The Morgan fingerprint density at radius 2 is 2.00 bits per heavy atom. The molecule has 9 N–H and O–H groups in total. The molecule has 12 heteroatoms. The minimum absolute atomic E-state index is 0.00550. The summed E-state index contributed by atoms with van der Waals surface area (Å²) in [4.78, 5) is 28.3. The van der Waals surface area contributed by atoms with Crippen LogP contribution in [0.2, 0.25) is 0 Å². The second kappa shape index (κ2) is 15.8. The molecule has 4 aliphatic heterocycles. The van der Waals surface area contributed by atoms with Crippen molar-refractivity contribution in [2.75, 3.05) is 6.54 Å². The number of ether oxygens (including phenoxy) is 2. The van der Waals surface area contributed by atoms with E-state index in [1.807, 2.05) is 50.4 Å². The van der Waals surface area contributed by atoms with E-state index in [2.05, 4.69) is 22.5 Å². The Morgan fingerprint density at radius 3 is 2.71 bits per heavy atom. The van der Waals surface area contributed by atoms with E-state index in [1.165, 1.54) is 0 Å². The molecule has 5 aliphatic rings. The molecule has 0 saturated heterocycles. The molecular weight excluding hydrogens is 737 g/mol. The maximum Gasteiger partial charge on any atom is 0.334 e. The van der Waals surface area contributed by atoms with Crippen LogP contribution < -0.4 is 32.3 Å². The van der Waals surface area contributed by atoms with Gasteiger partial charge in [-0.15, -0.1) is 5.92 Å². The summed E-state index contributed by atoms with van der Waals surface area (Å²) >= 11 is 0. The van der Waals surface area contributed by atoms with E-state index in [1.54, 1.807) is 24.3 Å². The Kier molecular flexibility index (Phi) is 10.6. The zero-order valence-corrected chi connectivity index (χ0v) is 32.7. The van der Waals surface area contributed by atoms with Gasteiger partial charge in [-0.25, -0.2) is 4.79 Å². The fraction of sp³-hybridized carbons (Fsp3) is 0.391. The van der Waals surface area contributed by atoms with E-state index in [0.29, 0.717) is 41.9 Å². The van der Waals surface area contributed by atoms with E-state index in [0.717, 1.165) is 42.9 Å². The monoisotopic (exact) mass is 786 g/mol. The summed E-state index contributed by atoms with van der Waals surface area (Å²) < 4.78 is 20.3. The number of esters is 1. The Balaban J connectivity index is 1.41. The summed E-state index contributed by atoms with van der Waals surface area (Å²) in [5, 5.41) is 39.5. The molecule has 302 valence electrons. The first-order valence-electron chi connectivity index (χ1n) is 20.1. The van der Waals surface area contributed by atoms with Gasteiger partial charge in [-0.05, 0) is 80.0 Å². The van der Waals surface area contributed by atoms with E-state index >= 15 is 0 Å². The molecule has 5 heterocycles. The summed E-state index contributed by atoms with van der Waals surface area (Å²) in [5.74, 6) is 5.28. The molecule has 6 atom stereocenters. The quantitative estimate of drug-likeness (QED) is 0.0875. The molecule has 0 radical (unpaired) electrons. The van der Waals surface area contributed by atoms with Crippen LogP contribution in [0.1, 0.15) is 86.7 Å². The molecule has 2 bridgehead atoms. The van der Waals surface area contributed by atoms with Crippen LogP contribution >= 0.6 is 0 Å². The molecule has 0 spiro atoms. The van der Waals surface area contributed by atoms with Crippen molar-refractivity contribution in [1.29, 1.82) is 0 Å². The number of phenolic OH excluding ortho intramolecular Hbond substituents is 2. The van der Waals surface area contributed by atoms with Crippen LogP contribution in [0.15, 0.2) is 98.7 Å². The maximum absolute atomic E-state index is 14.3. The number of aliphatic hydroxyl groups excluding tert-OH is 1. The molecule has 1 aliphatic carbocycles. The number of phenols is 2. The average Bonchev–Trinajstić information content (AvgIpc) is 3.74. The number of nitrogens with one attached hydrogen (secondary N) is 2. The number of carbonyl (C=O) groups excluding carboxylic acids is 1. The molecule has 1 aromatic heterocycles. The number of dihydropyridines is 2. The Labute approximate surface area is 337 Å². The first-order chi connectivity index (χ1) is 28.0. The predicted molar refractivity (Wildman–Crippen MR) is 219 cm³/mol. The lowest BCUT2D eigenvalue weighted by Gasteiger charge is -2.48. The lowest BCUT2D eigenvalue weighted by Crippen LogP contribution is -2.56. The lowest BCUT2D eigenvalue weighted by molar-refractivity contribution is -0.165. The average molecular weight is 787 g/mol. The van der Waals surface area contributed by atoms with Crippen LogP contribution in [0.3, 0.4) is 0 Å². The first kappa shape index (κ1) is 38.9. The molecular formula is C46H50N4O8. The van der Waals surface area contributed by atoms with E-state index in [4.69, 9.17) is 25.4 Å². The maximum atomic E-state index is 14.3. The van der Waals surface area contributed by atoms with Gasteiger partial charge in [-0.3, -0.25) is 4.79 Å². The van der Waals surface area contributed by atoms with Gasteiger partial charge >= 0.3 is 5.97 Å². The zero-order chi connectivity index (χ0) is 40.7. The van der Waals surface area contributed by atoms with Crippen LogP contribution in [-0.4, -0.2) is 45.7 Å². The highest BCUT2D eigenvalue weighted by Crippen LogP contribution is 2.55. The summed E-state index contributed by atoms with van der Waals surface area (Å²) in [6, 6.07) is 8.03. The van der Waals surface area contributed by atoms with Gasteiger partial charge in [0.2, 0.25) is 0 Å².